The van der Waals surface area contributed by atoms with E-state index in [1.165, 1.54) is 30.0 Å². The number of aryl methyl sites for hydroxylation is 1. The molecule has 0 fully saturated rings. The Bertz CT molecular complexity index is 917. The van der Waals surface area contributed by atoms with Gasteiger partial charge in [0.15, 0.2) is 0 Å². The predicted octanol–water partition coefficient (Wildman–Crippen LogP) is 2.52. The number of amides is 1. The highest BCUT2D eigenvalue weighted by Gasteiger charge is 2.26. The molecule has 122 valence electrons. The lowest BCUT2D eigenvalue weighted by atomic mass is 10.1. The summed E-state index contributed by atoms with van der Waals surface area (Å²) in [6, 6.07) is 7.44. The number of hydrogen-bond acceptors (Lipinski definition) is 4. The van der Waals surface area contributed by atoms with E-state index in [9.17, 15) is 14.0 Å². The Morgan fingerprint density at radius 3 is 2.96 bits per heavy atom. The fourth-order valence-corrected chi connectivity index (χ4v) is 3.40. The molecule has 1 heterocycles. The molecule has 1 amide bonds. The number of H-pyrrole nitrogens is 1. The summed E-state index contributed by atoms with van der Waals surface area (Å²) in [5.41, 5.74) is 1.31. The number of carbonyl (C=O) groups excluding carboxylic acids is 1. The lowest BCUT2D eigenvalue weighted by Crippen LogP contribution is -2.32. The van der Waals surface area contributed by atoms with Gasteiger partial charge >= 0.3 is 0 Å². The topological polar surface area (TPSA) is 85.8 Å². The molecule has 0 bridgehead atoms. The van der Waals surface area contributed by atoms with Crippen LogP contribution in [0.15, 0.2) is 34.1 Å². The van der Waals surface area contributed by atoms with E-state index in [4.69, 9.17) is 5.26 Å². The first-order valence-electron chi connectivity index (χ1n) is 7.34. The van der Waals surface area contributed by atoms with Gasteiger partial charge in [-0.05, 0) is 48.4 Å². The molecule has 1 atom stereocenters. The average molecular weight is 343 g/mol. The summed E-state index contributed by atoms with van der Waals surface area (Å²) < 4.78 is 13.4. The minimum Gasteiger partial charge on any atom is -0.345 e. The summed E-state index contributed by atoms with van der Waals surface area (Å²) in [5.74, 6) is -0.925. The maximum atomic E-state index is 13.4. The van der Waals surface area contributed by atoms with Crippen molar-refractivity contribution in [1.82, 2.24) is 10.3 Å². The van der Waals surface area contributed by atoms with Crippen molar-refractivity contribution in [3.63, 3.8) is 0 Å². The lowest BCUT2D eigenvalue weighted by molar-refractivity contribution is 0.0935. The highest BCUT2D eigenvalue weighted by molar-refractivity contribution is 7.98. The van der Waals surface area contributed by atoms with Crippen LogP contribution in [0.4, 0.5) is 4.39 Å². The van der Waals surface area contributed by atoms with E-state index in [1.807, 2.05) is 6.07 Å². The van der Waals surface area contributed by atoms with Crippen LogP contribution in [0.1, 0.15) is 39.5 Å². The highest BCUT2D eigenvalue weighted by atomic mass is 32.2. The van der Waals surface area contributed by atoms with E-state index in [0.717, 1.165) is 17.5 Å². The molecule has 7 heteroatoms. The van der Waals surface area contributed by atoms with E-state index in [-0.39, 0.29) is 23.0 Å². The number of carbonyl (C=O) groups is 1. The van der Waals surface area contributed by atoms with Crippen LogP contribution in [-0.2, 0) is 6.42 Å². The summed E-state index contributed by atoms with van der Waals surface area (Å²) >= 11 is 1.23. The van der Waals surface area contributed by atoms with Gasteiger partial charge in [0.2, 0.25) is 0 Å². The molecule has 3 rings (SSSR count). The van der Waals surface area contributed by atoms with Gasteiger partial charge in [-0.1, -0.05) is 6.07 Å². The summed E-state index contributed by atoms with van der Waals surface area (Å²) in [4.78, 5) is 27.1. The average Bonchev–Trinajstić information content (AvgIpc) is 2.96. The predicted molar refractivity (Wildman–Crippen MR) is 88.5 cm³/mol. The largest absolute Gasteiger partial charge is 0.345 e. The van der Waals surface area contributed by atoms with Crippen LogP contribution >= 0.6 is 11.8 Å². The Morgan fingerprint density at radius 2 is 2.25 bits per heavy atom. The normalized spacial score (nSPS) is 15.6. The van der Waals surface area contributed by atoms with Gasteiger partial charge in [0.25, 0.3) is 11.5 Å². The van der Waals surface area contributed by atoms with Crippen molar-refractivity contribution >= 4 is 17.7 Å². The number of nitrogens with one attached hydrogen (secondary N) is 2. The molecule has 0 spiro atoms. The SMILES string of the molecule is CSc1[nH]c(=O)c(C(=O)NC2CCc3ccc(F)cc32)cc1C#N. The van der Waals surface area contributed by atoms with Gasteiger partial charge in [-0.3, -0.25) is 9.59 Å². The number of aromatic nitrogens is 1. The zero-order valence-electron chi connectivity index (χ0n) is 12.9. The number of rotatable bonds is 3. The molecule has 5 nitrogen and oxygen atoms in total. The van der Waals surface area contributed by atoms with Crippen LogP contribution in [0.25, 0.3) is 0 Å². The Morgan fingerprint density at radius 1 is 1.46 bits per heavy atom. The van der Waals surface area contributed by atoms with Gasteiger partial charge < -0.3 is 10.3 Å². The fraction of sp³-hybridized carbons (Fsp3) is 0.235. The van der Waals surface area contributed by atoms with Crippen molar-refractivity contribution in [2.75, 3.05) is 6.26 Å². The molecule has 0 saturated carbocycles. The number of benzene rings is 1. The third-order valence-electron chi connectivity index (χ3n) is 4.07. The summed E-state index contributed by atoms with van der Waals surface area (Å²) in [5, 5.41) is 12.3. The first-order valence-corrected chi connectivity index (χ1v) is 8.56. The Labute approximate surface area is 141 Å². The van der Waals surface area contributed by atoms with Crippen molar-refractivity contribution in [2.24, 2.45) is 0 Å². The number of aromatic amines is 1. The van der Waals surface area contributed by atoms with E-state index in [2.05, 4.69) is 10.3 Å². The highest BCUT2D eigenvalue weighted by Crippen LogP contribution is 2.31. The second-order valence-corrected chi connectivity index (χ2v) is 6.30. The van der Waals surface area contributed by atoms with Gasteiger partial charge in [0.1, 0.15) is 17.4 Å². The number of halogens is 1. The molecule has 1 aromatic carbocycles. The molecule has 24 heavy (non-hydrogen) atoms. The van der Waals surface area contributed by atoms with Crippen molar-refractivity contribution in [3.05, 3.63) is 62.7 Å². The second kappa shape index (κ2) is 6.49. The van der Waals surface area contributed by atoms with E-state index < -0.39 is 11.5 Å². The Hall–Kier alpha value is -2.59. The van der Waals surface area contributed by atoms with Crippen molar-refractivity contribution in [1.29, 1.82) is 5.26 Å². The zero-order chi connectivity index (χ0) is 17.3. The molecule has 1 aliphatic carbocycles. The van der Waals surface area contributed by atoms with Crippen LogP contribution in [-0.4, -0.2) is 17.1 Å². The van der Waals surface area contributed by atoms with Crippen LogP contribution in [0.2, 0.25) is 0 Å². The lowest BCUT2D eigenvalue weighted by Gasteiger charge is -2.14. The molecule has 0 radical (unpaired) electrons. The van der Waals surface area contributed by atoms with Gasteiger partial charge in [-0.15, -0.1) is 11.8 Å². The van der Waals surface area contributed by atoms with Gasteiger partial charge in [0, 0.05) is 0 Å². The van der Waals surface area contributed by atoms with E-state index >= 15 is 0 Å². The van der Waals surface area contributed by atoms with Crippen molar-refractivity contribution < 1.29 is 9.18 Å². The molecule has 2 N–H and O–H groups in total. The zero-order valence-corrected chi connectivity index (χ0v) is 13.7. The molecule has 1 unspecified atom stereocenters. The molecule has 0 aliphatic heterocycles. The maximum absolute atomic E-state index is 13.4. The fourth-order valence-electron chi connectivity index (χ4n) is 2.89. The first-order chi connectivity index (χ1) is 11.5. The van der Waals surface area contributed by atoms with Crippen LogP contribution in [0.5, 0.6) is 0 Å². The minimum atomic E-state index is -0.567. The number of nitrogens with zero attached hydrogens (tertiary/aromatic N) is 1. The smallest absolute Gasteiger partial charge is 0.261 e. The summed E-state index contributed by atoms with van der Waals surface area (Å²) in [7, 11) is 0. The molecule has 1 aliphatic rings. The monoisotopic (exact) mass is 343 g/mol. The molecule has 1 aromatic heterocycles. The van der Waals surface area contributed by atoms with E-state index in [0.29, 0.717) is 11.4 Å². The van der Waals surface area contributed by atoms with Crippen molar-refractivity contribution in [3.8, 4) is 6.07 Å². The number of fused-ring (bicyclic) bond motifs is 1. The van der Waals surface area contributed by atoms with Gasteiger partial charge in [0.05, 0.1) is 16.6 Å². The second-order valence-electron chi connectivity index (χ2n) is 5.48. The number of thioether (sulfide) groups is 1. The standard InChI is InChI=1S/C17H14FN3O2S/c1-24-17-10(8-19)6-13(16(23)21-17)15(22)20-14-5-3-9-2-4-11(18)7-12(9)14/h2,4,6-7,14H,3,5H2,1H3,(H,20,22)(H,21,23). The quantitative estimate of drug-likeness (QED) is 0.839. The number of pyridine rings is 1. The maximum Gasteiger partial charge on any atom is 0.261 e. The molecule has 0 saturated heterocycles. The summed E-state index contributed by atoms with van der Waals surface area (Å²) in [6.07, 6.45) is 3.12. The Balaban J connectivity index is 1.89. The third kappa shape index (κ3) is 2.93. The molecule has 2 aromatic rings. The minimum absolute atomic E-state index is 0.116. The van der Waals surface area contributed by atoms with Crippen LogP contribution < -0.4 is 10.9 Å². The Kier molecular flexibility index (Phi) is 4.40. The molecular weight excluding hydrogens is 329 g/mol. The third-order valence-corrected chi connectivity index (χ3v) is 4.80. The molecular formula is C17H14FN3O2S. The van der Waals surface area contributed by atoms with Crippen LogP contribution in [0.3, 0.4) is 0 Å². The number of hydrogen-bond donors (Lipinski definition) is 2. The van der Waals surface area contributed by atoms with Gasteiger partial charge in [-0.25, -0.2) is 4.39 Å². The van der Waals surface area contributed by atoms with Crippen LogP contribution in [0, 0.1) is 17.1 Å². The van der Waals surface area contributed by atoms with Gasteiger partial charge in [-0.2, -0.15) is 5.26 Å². The first kappa shape index (κ1) is 16.3. The summed E-state index contributed by atoms with van der Waals surface area (Å²) in [6.45, 7) is 0. The number of nitriles is 1. The van der Waals surface area contributed by atoms with E-state index in [1.54, 1.807) is 12.3 Å². The van der Waals surface area contributed by atoms with Crippen molar-refractivity contribution in [2.45, 2.75) is 23.9 Å².